The number of rotatable bonds is 8. The zero-order chi connectivity index (χ0) is 12.7. The number of aliphatic hydroxyl groups is 1. The van der Waals surface area contributed by atoms with Gasteiger partial charge in [-0.05, 0) is 38.9 Å². The van der Waals surface area contributed by atoms with Crippen LogP contribution >= 0.6 is 0 Å². The van der Waals surface area contributed by atoms with E-state index in [1.165, 1.54) is 12.3 Å². The molecule has 0 unspecified atom stereocenters. The third-order valence-corrected chi connectivity index (χ3v) is 2.59. The standard InChI is InChI=1S/C12H19NO4/c1-13(6-3-2-4-7-14)9-11-10(12(15)16)5-8-17-11/h5,8,14H,2-4,6-7,9H2,1H3,(H,15,16). The molecule has 0 atom stereocenters. The van der Waals surface area contributed by atoms with Gasteiger partial charge >= 0.3 is 5.97 Å². The maximum absolute atomic E-state index is 10.9. The molecule has 1 heterocycles. The number of nitrogens with zero attached hydrogens (tertiary/aromatic N) is 1. The highest BCUT2D eigenvalue weighted by atomic mass is 16.4. The molecule has 0 fully saturated rings. The predicted octanol–water partition coefficient (Wildman–Crippen LogP) is 1.57. The summed E-state index contributed by atoms with van der Waals surface area (Å²) in [6.45, 7) is 1.58. The minimum absolute atomic E-state index is 0.227. The minimum atomic E-state index is -0.956. The topological polar surface area (TPSA) is 73.9 Å². The molecule has 1 aromatic heterocycles. The van der Waals surface area contributed by atoms with E-state index in [9.17, 15) is 4.79 Å². The zero-order valence-electron chi connectivity index (χ0n) is 10.1. The summed E-state index contributed by atoms with van der Waals surface area (Å²) in [5.41, 5.74) is 0.229. The lowest BCUT2D eigenvalue weighted by Gasteiger charge is -2.15. The van der Waals surface area contributed by atoms with E-state index in [1.54, 1.807) is 0 Å². The second kappa shape index (κ2) is 7.09. The lowest BCUT2D eigenvalue weighted by atomic mass is 10.2. The Morgan fingerprint density at radius 1 is 1.41 bits per heavy atom. The summed E-state index contributed by atoms with van der Waals surface area (Å²) in [6, 6.07) is 1.47. The van der Waals surface area contributed by atoms with Gasteiger partial charge in [0.25, 0.3) is 0 Å². The van der Waals surface area contributed by atoms with Crippen LogP contribution in [-0.2, 0) is 6.54 Å². The van der Waals surface area contributed by atoms with Gasteiger partial charge in [-0.2, -0.15) is 0 Å². The number of aliphatic hydroxyl groups excluding tert-OH is 1. The van der Waals surface area contributed by atoms with Gasteiger partial charge in [0.05, 0.1) is 12.8 Å². The molecule has 0 aromatic carbocycles. The predicted molar refractivity (Wildman–Crippen MR) is 62.9 cm³/mol. The second-order valence-corrected chi connectivity index (χ2v) is 4.08. The molecule has 1 aromatic rings. The van der Waals surface area contributed by atoms with E-state index in [0.717, 1.165) is 25.8 Å². The van der Waals surface area contributed by atoms with E-state index in [2.05, 4.69) is 0 Å². The molecule has 0 amide bonds. The fourth-order valence-electron chi connectivity index (χ4n) is 1.65. The molecule has 96 valence electrons. The Morgan fingerprint density at radius 2 is 2.18 bits per heavy atom. The van der Waals surface area contributed by atoms with E-state index in [0.29, 0.717) is 12.3 Å². The molecule has 2 N–H and O–H groups in total. The summed E-state index contributed by atoms with van der Waals surface area (Å²) in [7, 11) is 1.92. The Kier molecular flexibility index (Phi) is 5.72. The monoisotopic (exact) mass is 241 g/mol. The molecule has 0 bridgehead atoms. The van der Waals surface area contributed by atoms with Gasteiger partial charge in [-0.1, -0.05) is 0 Å². The second-order valence-electron chi connectivity index (χ2n) is 4.08. The Hall–Kier alpha value is -1.33. The summed E-state index contributed by atoms with van der Waals surface area (Å²) in [6.07, 6.45) is 4.18. The largest absolute Gasteiger partial charge is 0.478 e. The molecule has 0 spiro atoms. The van der Waals surface area contributed by atoms with Gasteiger partial charge in [-0.3, -0.25) is 4.90 Å². The highest BCUT2D eigenvalue weighted by Gasteiger charge is 2.14. The number of hydrogen-bond donors (Lipinski definition) is 2. The van der Waals surface area contributed by atoms with Crippen molar-refractivity contribution >= 4 is 5.97 Å². The highest BCUT2D eigenvalue weighted by molar-refractivity contribution is 5.88. The summed E-state index contributed by atoms with van der Waals surface area (Å²) in [4.78, 5) is 12.9. The SMILES string of the molecule is CN(CCCCCO)Cc1occc1C(=O)O. The fourth-order valence-corrected chi connectivity index (χ4v) is 1.65. The Bertz CT molecular complexity index is 348. The van der Waals surface area contributed by atoms with Gasteiger partial charge < -0.3 is 14.6 Å². The quantitative estimate of drug-likeness (QED) is 0.676. The van der Waals surface area contributed by atoms with Gasteiger partial charge in [0.2, 0.25) is 0 Å². The Balaban J connectivity index is 2.37. The first-order valence-electron chi connectivity index (χ1n) is 5.74. The maximum atomic E-state index is 10.9. The molecule has 5 heteroatoms. The molecule has 5 nitrogen and oxygen atoms in total. The third-order valence-electron chi connectivity index (χ3n) is 2.59. The van der Waals surface area contributed by atoms with Crippen molar-refractivity contribution in [1.29, 1.82) is 0 Å². The van der Waals surface area contributed by atoms with Crippen molar-refractivity contribution in [3.63, 3.8) is 0 Å². The lowest BCUT2D eigenvalue weighted by molar-refractivity contribution is 0.0693. The molecule has 1 rings (SSSR count). The first-order chi connectivity index (χ1) is 8.15. The molecule has 0 aliphatic carbocycles. The van der Waals surface area contributed by atoms with Gasteiger partial charge in [0.1, 0.15) is 11.3 Å². The summed E-state index contributed by atoms with van der Waals surface area (Å²) in [5.74, 6) is -0.468. The molecule has 0 radical (unpaired) electrons. The minimum Gasteiger partial charge on any atom is -0.478 e. The van der Waals surface area contributed by atoms with Crippen LogP contribution in [0.4, 0.5) is 0 Å². The zero-order valence-corrected chi connectivity index (χ0v) is 10.1. The van der Waals surface area contributed by atoms with Crippen LogP contribution in [0.5, 0.6) is 0 Å². The maximum Gasteiger partial charge on any atom is 0.339 e. The van der Waals surface area contributed by atoms with Crippen molar-refractivity contribution in [3.05, 3.63) is 23.7 Å². The van der Waals surface area contributed by atoms with E-state index in [-0.39, 0.29) is 12.2 Å². The van der Waals surface area contributed by atoms with Crippen molar-refractivity contribution in [1.82, 2.24) is 4.90 Å². The van der Waals surface area contributed by atoms with Crippen molar-refractivity contribution in [2.75, 3.05) is 20.2 Å². The van der Waals surface area contributed by atoms with Gasteiger partial charge in [-0.25, -0.2) is 4.79 Å². The number of carboxylic acid groups (broad SMARTS) is 1. The van der Waals surface area contributed by atoms with Gasteiger partial charge in [0, 0.05) is 6.61 Å². The van der Waals surface area contributed by atoms with Crippen molar-refractivity contribution in [2.45, 2.75) is 25.8 Å². The number of hydrogen-bond acceptors (Lipinski definition) is 4. The number of unbranched alkanes of at least 4 members (excludes halogenated alkanes) is 2. The van der Waals surface area contributed by atoms with E-state index in [1.807, 2.05) is 11.9 Å². The van der Waals surface area contributed by atoms with Crippen LogP contribution in [0.25, 0.3) is 0 Å². The van der Waals surface area contributed by atoms with Crippen molar-refractivity contribution in [3.8, 4) is 0 Å². The van der Waals surface area contributed by atoms with E-state index < -0.39 is 5.97 Å². The lowest BCUT2D eigenvalue weighted by Crippen LogP contribution is -2.20. The van der Waals surface area contributed by atoms with Crippen LogP contribution in [-0.4, -0.2) is 41.3 Å². The molecule has 0 saturated carbocycles. The first-order valence-corrected chi connectivity index (χ1v) is 5.74. The van der Waals surface area contributed by atoms with Crippen molar-refractivity contribution < 1.29 is 19.4 Å². The number of furan rings is 1. The molecule has 0 saturated heterocycles. The molecule has 17 heavy (non-hydrogen) atoms. The average Bonchev–Trinajstić information content (AvgIpc) is 2.72. The summed E-state index contributed by atoms with van der Waals surface area (Å²) in [5, 5.41) is 17.5. The van der Waals surface area contributed by atoms with E-state index in [4.69, 9.17) is 14.6 Å². The van der Waals surface area contributed by atoms with Crippen LogP contribution in [0.1, 0.15) is 35.4 Å². The molecule has 0 aliphatic heterocycles. The van der Waals surface area contributed by atoms with Crippen LogP contribution < -0.4 is 0 Å². The fraction of sp³-hybridized carbons (Fsp3) is 0.583. The van der Waals surface area contributed by atoms with Gasteiger partial charge in [-0.15, -0.1) is 0 Å². The first kappa shape index (κ1) is 13.7. The molecule has 0 aliphatic rings. The third kappa shape index (κ3) is 4.58. The molecular weight excluding hydrogens is 222 g/mol. The summed E-state index contributed by atoms with van der Waals surface area (Å²) >= 11 is 0. The smallest absolute Gasteiger partial charge is 0.339 e. The van der Waals surface area contributed by atoms with Crippen LogP contribution in [0.2, 0.25) is 0 Å². The van der Waals surface area contributed by atoms with Crippen LogP contribution in [0.3, 0.4) is 0 Å². The average molecular weight is 241 g/mol. The van der Waals surface area contributed by atoms with E-state index >= 15 is 0 Å². The normalized spacial score (nSPS) is 11.0. The van der Waals surface area contributed by atoms with Gasteiger partial charge in [0.15, 0.2) is 0 Å². The number of carbonyl (C=O) groups is 1. The van der Waals surface area contributed by atoms with Crippen LogP contribution in [0.15, 0.2) is 16.7 Å². The number of aromatic carboxylic acids is 1. The number of carboxylic acids is 1. The van der Waals surface area contributed by atoms with Crippen LogP contribution in [0, 0.1) is 0 Å². The molecular formula is C12H19NO4. The highest BCUT2D eigenvalue weighted by Crippen LogP contribution is 2.13. The van der Waals surface area contributed by atoms with Crippen molar-refractivity contribution in [2.24, 2.45) is 0 Å². The Labute approximate surface area is 101 Å². The summed E-state index contributed by atoms with van der Waals surface area (Å²) < 4.78 is 5.16. The Morgan fingerprint density at radius 3 is 2.82 bits per heavy atom.